The maximum atomic E-state index is 5.68. The second-order valence-electron chi connectivity index (χ2n) is 4.48. The molecule has 100 valence electrons. The van der Waals surface area contributed by atoms with Gasteiger partial charge in [-0.05, 0) is 25.0 Å². The van der Waals surface area contributed by atoms with Gasteiger partial charge in [-0.15, -0.1) is 0 Å². The summed E-state index contributed by atoms with van der Waals surface area (Å²) in [5.74, 6) is 3.07. The highest BCUT2D eigenvalue weighted by Crippen LogP contribution is 2.31. The molecule has 0 aliphatic heterocycles. The van der Waals surface area contributed by atoms with Crippen LogP contribution in [0.15, 0.2) is 6.07 Å². The SMILES string of the molecule is CCSC1CCC(Nc2cc(NC)nc(N)n2)C1. The van der Waals surface area contributed by atoms with E-state index in [4.69, 9.17) is 5.73 Å². The molecule has 5 nitrogen and oxygen atoms in total. The maximum absolute atomic E-state index is 5.68. The molecule has 1 fully saturated rings. The quantitative estimate of drug-likeness (QED) is 0.759. The number of nitrogens with zero attached hydrogens (tertiary/aromatic N) is 2. The van der Waals surface area contributed by atoms with Crippen molar-refractivity contribution in [3.05, 3.63) is 6.07 Å². The first-order valence-corrected chi connectivity index (χ1v) is 7.46. The van der Waals surface area contributed by atoms with Gasteiger partial charge in [0.05, 0.1) is 0 Å². The van der Waals surface area contributed by atoms with Crippen LogP contribution in [0, 0.1) is 0 Å². The third-order valence-electron chi connectivity index (χ3n) is 3.14. The van der Waals surface area contributed by atoms with Gasteiger partial charge in [0.15, 0.2) is 0 Å². The van der Waals surface area contributed by atoms with Gasteiger partial charge in [-0.25, -0.2) is 0 Å². The number of rotatable bonds is 5. The Kier molecular flexibility index (Phi) is 4.52. The summed E-state index contributed by atoms with van der Waals surface area (Å²) in [7, 11) is 1.83. The van der Waals surface area contributed by atoms with Crippen molar-refractivity contribution >= 4 is 29.3 Å². The molecular weight excluding hydrogens is 246 g/mol. The second-order valence-corrected chi connectivity index (χ2v) is 6.06. The van der Waals surface area contributed by atoms with Gasteiger partial charge in [0.1, 0.15) is 11.6 Å². The number of aromatic nitrogens is 2. The van der Waals surface area contributed by atoms with Gasteiger partial charge in [0, 0.05) is 24.4 Å². The lowest BCUT2D eigenvalue weighted by atomic mass is 10.2. The zero-order valence-corrected chi connectivity index (χ0v) is 11.8. The number of anilines is 3. The van der Waals surface area contributed by atoms with Crippen molar-refractivity contribution in [1.29, 1.82) is 0 Å². The minimum Gasteiger partial charge on any atom is -0.373 e. The lowest BCUT2D eigenvalue weighted by Gasteiger charge is -2.14. The average Bonchev–Trinajstić information content (AvgIpc) is 2.76. The van der Waals surface area contributed by atoms with E-state index in [1.54, 1.807) is 0 Å². The van der Waals surface area contributed by atoms with Crippen LogP contribution >= 0.6 is 11.8 Å². The van der Waals surface area contributed by atoms with Crippen LogP contribution in [-0.2, 0) is 0 Å². The molecule has 6 heteroatoms. The summed E-state index contributed by atoms with van der Waals surface area (Å²) < 4.78 is 0. The van der Waals surface area contributed by atoms with E-state index in [1.807, 2.05) is 13.1 Å². The van der Waals surface area contributed by atoms with Crippen molar-refractivity contribution in [2.24, 2.45) is 0 Å². The molecule has 0 spiro atoms. The van der Waals surface area contributed by atoms with Crippen molar-refractivity contribution in [2.45, 2.75) is 37.5 Å². The Labute approximate surface area is 112 Å². The number of nitrogen functional groups attached to an aromatic ring is 1. The Bertz CT molecular complexity index is 398. The number of hydrogen-bond acceptors (Lipinski definition) is 6. The summed E-state index contributed by atoms with van der Waals surface area (Å²) >= 11 is 2.05. The van der Waals surface area contributed by atoms with Gasteiger partial charge in [-0.1, -0.05) is 6.92 Å². The maximum Gasteiger partial charge on any atom is 0.223 e. The van der Waals surface area contributed by atoms with Gasteiger partial charge in [-0.3, -0.25) is 0 Å². The molecule has 1 aliphatic carbocycles. The van der Waals surface area contributed by atoms with Crippen LogP contribution in [0.1, 0.15) is 26.2 Å². The van der Waals surface area contributed by atoms with Gasteiger partial charge in [0.2, 0.25) is 5.95 Å². The third kappa shape index (κ3) is 3.41. The van der Waals surface area contributed by atoms with Gasteiger partial charge >= 0.3 is 0 Å². The normalized spacial score (nSPS) is 23.0. The van der Waals surface area contributed by atoms with Gasteiger partial charge < -0.3 is 16.4 Å². The largest absolute Gasteiger partial charge is 0.373 e. The van der Waals surface area contributed by atoms with Gasteiger partial charge in [-0.2, -0.15) is 21.7 Å². The minimum atomic E-state index is 0.307. The van der Waals surface area contributed by atoms with Crippen LogP contribution in [-0.4, -0.2) is 34.1 Å². The Balaban J connectivity index is 1.95. The number of nitrogens with one attached hydrogen (secondary N) is 2. The lowest BCUT2D eigenvalue weighted by molar-refractivity contribution is 0.752. The smallest absolute Gasteiger partial charge is 0.223 e. The van der Waals surface area contributed by atoms with Crippen LogP contribution in [0.3, 0.4) is 0 Å². The molecule has 0 amide bonds. The van der Waals surface area contributed by atoms with Crippen molar-refractivity contribution in [3.63, 3.8) is 0 Å². The summed E-state index contributed by atoms with van der Waals surface area (Å²) in [6.45, 7) is 2.22. The van der Waals surface area contributed by atoms with Crippen LogP contribution in [0.5, 0.6) is 0 Å². The first-order chi connectivity index (χ1) is 8.71. The van der Waals surface area contributed by atoms with E-state index in [9.17, 15) is 0 Å². The predicted molar refractivity (Wildman–Crippen MR) is 79.2 cm³/mol. The van der Waals surface area contributed by atoms with E-state index in [0.29, 0.717) is 12.0 Å². The van der Waals surface area contributed by atoms with E-state index < -0.39 is 0 Å². The molecular formula is C12H21N5S. The lowest BCUT2D eigenvalue weighted by Crippen LogP contribution is -2.17. The molecule has 1 saturated carbocycles. The molecule has 0 aromatic carbocycles. The first-order valence-electron chi connectivity index (χ1n) is 6.41. The van der Waals surface area contributed by atoms with Crippen LogP contribution in [0.2, 0.25) is 0 Å². The monoisotopic (exact) mass is 267 g/mol. The molecule has 18 heavy (non-hydrogen) atoms. The fourth-order valence-corrected chi connectivity index (χ4v) is 3.48. The van der Waals surface area contributed by atoms with Crippen LogP contribution in [0.25, 0.3) is 0 Å². The highest BCUT2D eigenvalue weighted by atomic mass is 32.2. The van der Waals surface area contributed by atoms with E-state index in [-0.39, 0.29) is 0 Å². The predicted octanol–water partition coefficient (Wildman–Crippen LogP) is 2.19. The molecule has 1 aromatic rings. The average molecular weight is 267 g/mol. The van der Waals surface area contributed by atoms with E-state index in [0.717, 1.165) is 16.9 Å². The summed E-state index contributed by atoms with van der Waals surface area (Å²) in [4.78, 5) is 8.31. The molecule has 2 unspecified atom stereocenters. The van der Waals surface area contributed by atoms with Crippen LogP contribution in [0.4, 0.5) is 17.6 Å². The highest BCUT2D eigenvalue weighted by Gasteiger charge is 2.24. The van der Waals surface area contributed by atoms with E-state index >= 15 is 0 Å². The summed E-state index contributed by atoms with van der Waals surface area (Å²) in [6, 6.07) is 2.41. The molecule has 0 bridgehead atoms. The first kappa shape index (κ1) is 13.3. The summed E-state index contributed by atoms with van der Waals surface area (Å²) in [5.41, 5.74) is 5.68. The zero-order chi connectivity index (χ0) is 13.0. The fourth-order valence-electron chi connectivity index (χ4n) is 2.34. The molecule has 4 N–H and O–H groups in total. The number of thioether (sulfide) groups is 1. The van der Waals surface area contributed by atoms with Gasteiger partial charge in [0.25, 0.3) is 0 Å². The van der Waals surface area contributed by atoms with Crippen molar-refractivity contribution in [1.82, 2.24) is 9.97 Å². The molecule has 0 saturated heterocycles. The van der Waals surface area contributed by atoms with Crippen molar-refractivity contribution < 1.29 is 0 Å². The Hall–Kier alpha value is -1.17. The summed E-state index contributed by atoms with van der Waals surface area (Å²) in [5, 5.41) is 7.23. The number of hydrogen-bond donors (Lipinski definition) is 3. The minimum absolute atomic E-state index is 0.307. The fraction of sp³-hybridized carbons (Fsp3) is 0.667. The third-order valence-corrected chi connectivity index (χ3v) is 4.37. The Morgan fingerprint density at radius 3 is 2.89 bits per heavy atom. The topological polar surface area (TPSA) is 75.9 Å². The molecule has 1 aromatic heterocycles. The standard InChI is InChI=1S/C12H21N5S/c1-3-18-9-5-4-8(6-9)15-11-7-10(14-2)16-12(13)17-11/h7-9H,3-6H2,1-2H3,(H4,13,14,15,16,17). The van der Waals surface area contributed by atoms with E-state index in [1.165, 1.54) is 25.0 Å². The Morgan fingerprint density at radius 1 is 1.39 bits per heavy atom. The molecule has 2 atom stereocenters. The second kappa shape index (κ2) is 6.13. The molecule has 1 aliphatic rings. The van der Waals surface area contributed by atoms with Crippen molar-refractivity contribution in [3.8, 4) is 0 Å². The highest BCUT2D eigenvalue weighted by molar-refractivity contribution is 7.99. The van der Waals surface area contributed by atoms with E-state index in [2.05, 4.69) is 39.3 Å². The van der Waals surface area contributed by atoms with Crippen LogP contribution < -0.4 is 16.4 Å². The number of nitrogens with two attached hydrogens (primary N) is 1. The Morgan fingerprint density at radius 2 is 2.17 bits per heavy atom. The zero-order valence-electron chi connectivity index (χ0n) is 10.9. The molecule has 1 heterocycles. The molecule has 2 rings (SSSR count). The van der Waals surface area contributed by atoms with Crippen molar-refractivity contribution in [2.75, 3.05) is 29.2 Å². The molecule has 0 radical (unpaired) electrons. The summed E-state index contributed by atoms with van der Waals surface area (Å²) in [6.07, 6.45) is 3.70.